The molecular formula is C11H9N3O2S. The maximum absolute atomic E-state index is 11.2. The third-order valence-corrected chi connectivity index (χ3v) is 3.21. The van der Waals surface area contributed by atoms with E-state index in [1.807, 2.05) is 6.07 Å². The first kappa shape index (κ1) is 11.5. The zero-order valence-electron chi connectivity index (χ0n) is 8.82. The lowest BCUT2D eigenvalue weighted by molar-refractivity contribution is -0.115. The number of hydrogen-bond donors (Lipinski definition) is 2. The molecule has 17 heavy (non-hydrogen) atoms. The lowest BCUT2D eigenvalue weighted by Gasteiger charge is -2.17. The van der Waals surface area contributed by atoms with Crippen molar-refractivity contribution in [2.24, 2.45) is 0 Å². The Balaban J connectivity index is 2.16. The molecule has 1 aromatic rings. The molecule has 0 saturated heterocycles. The summed E-state index contributed by atoms with van der Waals surface area (Å²) in [5.41, 5.74) is 1.27. The Hall–Kier alpha value is -2.00. The molecule has 1 aliphatic rings. The van der Waals surface area contributed by atoms with E-state index in [0.717, 1.165) is 4.90 Å². The minimum atomic E-state index is -0.359. The normalized spacial score (nSPS) is 13.2. The second-order valence-electron chi connectivity index (χ2n) is 3.43. The molecule has 1 aliphatic heterocycles. The topological polar surface area (TPSA) is 82.0 Å². The van der Waals surface area contributed by atoms with Crippen molar-refractivity contribution in [3.8, 4) is 6.07 Å². The number of anilines is 2. The fraction of sp³-hybridized carbons (Fsp3) is 0.182. The highest BCUT2D eigenvalue weighted by Crippen LogP contribution is 2.33. The SMILES string of the molecule is N#CCC(=O)Nc1ccc2c(c1)NC(=O)CS2. The Morgan fingerprint density at radius 2 is 2.41 bits per heavy atom. The molecule has 0 unspecified atom stereocenters. The number of nitrogens with one attached hydrogen (secondary N) is 2. The standard InChI is InChI=1S/C11H9N3O2S/c12-4-3-10(15)13-7-1-2-9-8(5-7)14-11(16)6-17-9/h1-2,5H,3,6H2,(H,13,15)(H,14,16). The Morgan fingerprint density at radius 1 is 1.59 bits per heavy atom. The summed E-state index contributed by atoms with van der Waals surface area (Å²) in [6.45, 7) is 0. The molecule has 0 radical (unpaired) electrons. The number of rotatable bonds is 2. The van der Waals surface area contributed by atoms with Gasteiger partial charge < -0.3 is 10.6 Å². The monoisotopic (exact) mass is 247 g/mol. The summed E-state index contributed by atoms with van der Waals surface area (Å²) in [4.78, 5) is 23.4. The number of fused-ring (bicyclic) bond motifs is 1. The highest BCUT2D eigenvalue weighted by Gasteiger charge is 2.15. The van der Waals surface area contributed by atoms with Crippen molar-refractivity contribution in [1.29, 1.82) is 5.26 Å². The van der Waals surface area contributed by atoms with Gasteiger partial charge in [0.15, 0.2) is 0 Å². The van der Waals surface area contributed by atoms with E-state index in [0.29, 0.717) is 17.1 Å². The molecule has 0 spiro atoms. The van der Waals surface area contributed by atoms with Crippen LogP contribution < -0.4 is 10.6 Å². The second kappa shape index (κ2) is 4.89. The summed E-state index contributed by atoms with van der Waals surface area (Å²) in [5.74, 6) is -0.00196. The van der Waals surface area contributed by atoms with Crippen LogP contribution in [0.2, 0.25) is 0 Å². The molecule has 6 heteroatoms. The number of carbonyl (C=O) groups excluding carboxylic acids is 2. The zero-order chi connectivity index (χ0) is 12.3. The summed E-state index contributed by atoms with van der Waals surface area (Å²) in [6.07, 6.45) is -0.182. The van der Waals surface area contributed by atoms with Crippen LogP contribution in [-0.4, -0.2) is 17.6 Å². The molecule has 0 aromatic heterocycles. The van der Waals surface area contributed by atoms with Crippen LogP contribution in [0.4, 0.5) is 11.4 Å². The van der Waals surface area contributed by atoms with Crippen LogP contribution in [0.3, 0.4) is 0 Å². The van der Waals surface area contributed by atoms with E-state index in [1.165, 1.54) is 11.8 Å². The Morgan fingerprint density at radius 3 is 3.18 bits per heavy atom. The predicted molar refractivity (Wildman–Crippen MR) is 64.7 cm³/mol. The molecule has 0 aliphatic carbocycles. The van der Waals surface area contributed by atoms with Gasteiger partial charge in [0, 0.05) is 10.6 Å². The van der Waals surface area contributed by atoms with E-state index in [4.69, 9.17) is 5.26 Å². The molecular weight excluding hydrogens is 238 g/mol. The van der Waals surface area contributed by atoms with Crippen LogP contribution >= 0.6 is 11.8 Å². The van der Waals surface area contributed by atoms with Crippen LogP contribution in [0.25, 0.3) is 0 Å². The molecule has 2 rings (SSSR count). The molecule has 1 aromatic carbocycles. The van der Waals surface area contributed by atoms with Crippen LogP contribution in [0.15, 0.2) is 23.1 Å². The smallest absolute Gasteiger partial charge is 0.238 e. The molecule has 0 bridgehead atoms. The molecule has 5 nitrogen and oxygen atoms in total. The largest absolute Gasteiger partial charge is 0.325 e. The fourth-order valence-corrected chi connectivity index (χ4v) is 2.23. The molecule has 0 atom stereocenters. The molecule has 0 saturated carbocycles. The minimum Gasteiger partial charge on any atom is -0.325 e. The molecule has 86 valence electrons. The van der Waals surface area contributed by atoms with E-state index in [-0.39, 0.29) is 18.2 Å². The van der Waals surface area contributed by atoms with E-state index in [2.05, 4.69) is 10.6 Å². The van der Waals surface area contributed by atoms with Gasteiger partial charge in [-0.05, 0) is 18.2 Å². The van der Waals surface area contributed by atoms with Gasteiger partial charge >= 0.3 is 0 Å². The maximum Gasteiger partial charge on any atom is 0.238 e. The van der Waals surface area contributed by atoms with Crippen molar-refractivity contribution >= 4 is 35.0 Å². The Kier molecular flexibility index (Phi) is 3.30. The van der Waals surface area contributed by atoms with Gasteiger partial charge in [-0.2, -0.15) is 5.26 Å². The van der Waals surface area contributed by atoms with E-state index in [1.54, 1.807) is 18.2 Å². The third kappa shape index (κ3) is 2.77. The molecule has 1 heterocycles. The summed E-state index contributed by atoms with van der Waals surface area (Å²) >= 11 is 1.46. The van der Waals surface area contributed by atoms with Crippen molar-refractivity contribution in [3.63, 3.8) is 0 Å². The first-order chi connectivity index (χ1) is 8.19. The highest BCUT2D eigenvalue weighted by molar-refractivity contribution is 8.00. The van der Waals surface area contributed by atoms with Gasteiger partial charge in [0.1, 0.15) is 6.42 Å². The van der Waals surface area contributed by atoms with Gasteiger partial charge in [0.05, 0.1) is 17.5 Å². The second-order valence-corrected chi connectivity index (χ2v) is 4.45. The predicted octanol–water partition coefficient (Wildman–Crippen LogP) is 1.58. The van der Waals surface area contributed by atoms with Gasteiger partial charge in [0.2, 0.25) is 11.8 Å². The van der Waals surface area contributed by atoms with Crippen LogP contribution in [-0.2, 0) is 9.59 Å². The Labute approximate surface area is 102 Å². The van der Waals surface area contributed by atoms with Gasteiger partial charge in [-0.15, -0.1) is 11.8 Å². The van der Waals surface area contributed by atoms with Crippen LogP contribution in [0.1, 0.15) is 6.42 Å². The van der Waals surface area contributed by atoms with E-state index >= 15 is 0 Å². The molecule has 0 fully saturated rings. The summed E-state index contributed by atoms with van der Waals surface area (Å²) < 4.78 is 0. The average Bonchev–Trinajstić information content (AvgIpc) is 2.28. The molecule has 2 N–H and O–H groups in total. The molecule has 2 amide bonds. The van der Waals surface area contributed by atoms with Gasteiger partial charge in [-0.3, -0.25) is 9.59 Å². The number of benzene rings is 1. The Bertz CT molecular complexity index is 522. The third-order valence-electron chi connectivity index (χ3n) is 2.14. The lowest BCUT2D eigenvalue weighted by atomic mass is 10.2. The fourth-order valence-electron chi connectivity index (χ4n) is 1.44. The van der Waals surface area contributed by atoms with Crippen molar-refractivity contribution in [3.05, 3.63) is 18.2 Å². The van der Waals surface area contributed by atoms with Crippen molar-refractivity contribution < 1.29 is 9.59 Å². The first-order valence-electron chi connectivity index (χ1n) is 4.92. The number of thioether (sulfide) groups is 1. The lowest BCUT2D eigenvalue weighted by Crippen LogP contribution is -2.19. The zero-order valence-corrected chi connectivity index (χ0v) is 9.63. The average molecular weight is 247 g/mol. The number of nitrogens with zero attached hydrogens (tertiary/aromatic N) is 1. The number of nitriles is 1. The highest BCUT2D eigenvalue weighted by atomic mass is 32.2. The van der Waals surface area contributed by atoms with Gasteiger partial charge in [0.25, 0.3) is 0 Å². The summed E-state index contributed by atoms with van der Waals surface area (Å²) in [5, 5.41) is 13.7. The number of amides is 2. The minimum absolute atomic E-state index is 0.0528. The van der Waals surface area contributed by atoms with Gasteiger partial charge in [-0.1, -0.05) is 0 Å². The van der Waals surface area contributed by atoms with Gasteiger partial charge in [-0.25, -0.2) is 0 Å². The summed E-state index contributed by atoms with van der Waals surface area (Å²) in [7, 11) is 0. The van der Waals surface area contributed by atoms with Crippen molar-refractivity contribution in [2.45, 2.75) is 11.3 Å². The van der Waals surface area contributed by atoms with E-state index < -0.39 is 0 Å². The number of carbonyl (C=O) groups is 2. The summed E-state index contributed by atoms with van der Waals surface area (Å²) in [6, 6.07) is 7.04. The van der Waals surface area contributed by atoms with Crippen LogP contribution in [0.5, 0.6) is 0 Å². The number of hydrogen-bond acceptors (Lipinski definition) is 4. The maximum atomic E-state index is 11.2. The van der Waals surface area contributed by atoms with Crippen molar-refractivity contribution in [1.82, 2.24) is 0 Å². The first-order valence-corrected chi connectivity index (χ1v) is 5.91. The van der Waals surface area contributed by atoms with Crippen molar-refractivity contribution in [2.75, 3.05) is 16.4 Å². The van der Waals surface area contributed by atoms with Crippen LogP contribution in [0, 0.1) is 11.3 Å². The quantitative estimate of drug-likeness (QED) is 0.831. The van der Waals surface area contributed by atoms with E-state index in [9.17, 15) is 9.59 Å².